The SMILES string of the molecule is Cn1c2ccccc2c2sc3ccccc3c(=O)c21. The van der Waals surface area contributed by atoms with Crippen molar-refractivity contribution in [1.82, 2.24) is 4.57 Å². The van der Waals surface area contributed by atoms with Gasteiger partial charge in [0.15, 0.2) is 0 Å². The molecule has 0 aliphatic rings. The Kier molecular flexibility index (Phi) is 2.09. The average molecular weight is 265 g/mol. The van der Waals surface area contributed by atoms with Crippen LogP contribution in [0.5, 0.6) is 0 Å². The van der Waals surface area contributed by atoms with E-state index in [9.17, 15) is 4.79 Å². The summed E-state index contributed by atoms with van der Waals surface area (Å²) >= 11 is 1.69. The number of hydrogen-bond donors (Lipinski definition) is 0. The van der Waals surface area contributed by atoms with Gasteiger partial charge >= 0.3 is 0 Å². The van der Waals surface area contributed by atoms with E-state index in [4.69, 9.17) is 0 Å². The van der Waals surface area contributed by atoms with E-state index >= 15 is 0 Å². The van der Waals surface area contributed by atoms with E-state index in [0.717, 1.165) is 31.2 Å². The highest BCUT2D eigenvalue weighted by Gasteiger charge is 2.13. The number of aryl methyl sites for hydroxylation is 1. The number of hydrogen-bond acceptors (Lipinski definition) is 2. The zero-order chi connectivity index (χ0) is 13.0. The minimum Gasteiger partial charge on any atom is -0.340 e. The van der Waals surface area contributed by atoms with Gasteiger partial charge in [0.1, 0.15) is 5.52 Å². The van der Waals surface area contributed by atoms with Gasteiger partial charge in [-0.05, 0) is 18.2 Å². The second kappa shape index (κ2) is 3.68. The molecule has 0 bridgehead atoms. The Bertz CT molecular complexity index is 994. The van der Waals surface area contributed by atoms with E-state index in [2.05, 4.69) is 12.1 Å². The van der Waals surface area contributed by atoms with Crippen LogP contribution in [-0.4, -0.2) is 4.57 Å². The highest BCUT2D eigenvalue weighted by atomic mass is 32.1. The molecule has 2 nitrogen and oxygen atoms in total. The molecule has 2 aromatic carbocycles. The molecule has 4 rings (SSSR count). The van der Waals surface area contributed by atoms with Gasteiger partial charge in [-0.1, -0.05) is 30.3 Å². The summed E-state index contributed by atoms with van der Waals surface area (Å²) in [6, 6.07) is 16.0. The summed E-state index contributed by atoms with van der Waals surface area (Å²) in [7, 11) is 1.97. The van der Waals surface area contributed by atoms with Crippen molar-refractivity contribution in [3.05, 3.63) is 58.8 Å². The van der Waals surface area contributed by atoms with Gasteiger partial charge in [-0.3, -0.25) is 4.79 Å². The Morgan fingerprint density at radius 3 is 2.47 bits per heavy atom. The number of rotatable bonds is 0. The molecule has 0 aliphatic carbocycles. The molecule has 0 saturated carbocycles. The molecule has 0 saturated heterocycles. The van der Waals surface area contributed by atoms with Crippen LogP contribution < -0.4 is 5.43 Å². The zero-order valence-corrected chi connectivity index (χ0v) is 11.2. The second-order valence-corrected chi connectivity index (χ2v) is 5.73. The molecule has 0 amide bonds. The molecule has 3 heteroatoms. The predicted molar refractivity (Wildman–Crippen MR) is 82.1 cm³/mol. The van der Waals surface area contributed by atoms with Crippen LogP contribution in [0.15, 0.2) is 53.3 Å². The maximum absolute atomic E-state index is 12.7. The predicted octanol–water partition coefficient (Wildman–Crippen LogP) is 3.91. The topological polar surface area (TPSA) is 22.0 Å². The van der Waals surface area contributed by atoms with Crippen LogP contribution in [0.1, 0.15) is 0 Å². The van der Waals surface area contributed by atoms with E-state index < -0.39 is 0 Å². The third-order valence-electron chi connectivity index (χ3n) is 3.62. The van der Waals surface area contributed by atoms with Gasteiger partial charge in [0.05, 0.1) is 4.70 Å². The molecule has 19 heavy (non-hydrogen) atoms. The van der Waals surface area contributed by atoms with Crippen molar-refractivity contribution < 1.29 is 0 Å². The van der Waals surface area contributed by atoms with E-state index in [-0.39, 0.29) is 5.43 Å². The molecule has 0 N–H and O–H groups in total. The molecule has 2 aromatic heterocycles. The summed E-state index contributed by atoms with van der Waals surface area (Å²) in [4.78, 5) is 12.7. The van der Waals surface area contributed by atoms with Gasteiger partial charge in [0, 0.05) is 28.0 Å². The Labute approximate surface area is 113 Å². The maximum Gasteiger partial charge on any atom is 0.212 e. The van der Waals surface area contributed by atoms with Gasteiger partial charge in [-0.25, -0.2) is 0 Å². The lowest BCUT2D eigenvalue weighted by Gasteiger charge is -1.99. The van der Waals surface area contributed by atoms with E-state index in [1.165, 1.54) is 0 Å². The minimum atomic E-state index is 0.128. The summed E-state index contributed by atoms with van der Waals surface area (Å²) in [5.41, 5.74) is 2.05. The van der Waals surface area contributed by atoms with Crippen LogP contribution in [0, 0.1) is 0 Å². The highest BCUT2D eigenvalue weighted by Crippen LogP contribution is 2.32. The largest absolute Gasteiger partial charge is 0.340 e. The number of aromatic nitrogens is 1. The first-order valence-corrected chi connectivity index (χ1v) is 6.98. The lowest BCUT2D eigenvalue weighted by Crippen LogP contribution is -2.04. The Morgan fingerprint density at radius 1 is 0.947 bits per heavy atom. The van der Waals surface area contributed by atoms with Crippen molar-refractivity contribution >= 4 is 42.5 Å². The summed E-state index contributed by atoms with van der Waals surface area (Å²) in [6.45, 7) is 0. The van der Waals surface area contributed by atoms with Gasteiger partial charge < -0.3 is 4.57 Å². The van der Waals surface area contributed by atoms with Crippen molar-refractivity contribution in [2.24, 2.45) is 7.05 Å². The first-order valence-electron chi connectivity index (χ1n) is 6.16. The minimum absolute atomic E-state index is 0.128. The van der Waals surface area contributed by atoms with Gasteiger partial charge in [-0.2, -0.15) is 0 Å². The normalized spacial score (nSPS) is 11.6. The average Bonchev–Trinajstić information content (AvgIpc) is 2.74. The lowest BCUT2D eigenvalue weighted by atomic mass is 10.2. The molecule has 4 aromatic rings. The molecule has 0 unspecified atom stereocenters. The van der Waals surface area contributed by atoms with Gasteiger partial charge in [0.25, 0.3) is 0 Å². The maximum atomic E-state index is 12.7. The monoisotopic (exact) mass is 265 g/mol. The summed E-state index contributed by atoms with van der Waals surface area (Å²) in [5, 5.41) is 1.97. The quantitative estimate of drug-likeness (QED) is 0.472. The van der Waals surface area contributed by atoms with Crippen molar-refractivity contribution in [2.75, 3.05) is 0 Å². The molecule has 0 spiro atoms. The van der Waals surface area contributed by atoms with Crippen LogP contribution in [0.2, 0.25) is 0 Å². The molecular formula is C16H11NOS. The molecule has 0 radical (unpaired) electrons. The van der Waals surface area contributed by atoms with Gasteiger partial charge in [0.2, 0.25) is 5.43 Å². The van der Waals surface area contributed by atoms with Crippen LogP contribution in [0.4, 0.5) is 0 Å². The molecular weight excluding hydrogens is 254 g/mol. The number of fused-ring (bicyclic) bond motifs is 4. The van der Waals surface area contributed by atoms with Crippen molar-refractivity contribution in [3.8, 4) is 0 Å². The van der Waals surface area contributed by atoms with E-state index in [0.29, 0.717) is 0 Å². The smallest absolute Gasteiger partial charge is 0.212 e. The van der Waals surface area contributed by atoms with Crippen molar-refractivity contribution in [3.63, 3.8) is 0 Å². The van der Waals surface area contributed by atoms with E-state index in [1.54, 1.807) is 11.3 Å². The third kappa shape index (κ3) is 1.33. The van der Waals surface area contributed by atoms with Crippen LogP contribution in [0.3, 0.4) is 0 Å². The van der Waals surface area contributed by atoms with Crippen molar-refractivity contribution in [2.45, 2.75) is 0 Å². The molecule has 92 valence electrons. The Balaban J connectivity index is 2.42. The fourth-order valence-corrected chi connectivity index (χ4v) is 3.94. The molecule has 0 fully saturated rings. The molecule has 0 atom stereocenters. The first kappa shape index (κ1) is 10.8. The first-order chi connectivity index (χ1) is 9.27. The summed E-state index contributed by atoms with van der Waals surface area (Å²) < 4.78 is 4.15. The fourth-order valence-electron chi connectivity index (χ4n) is 2.70. The van der Waals surface area contributed by atoms with Crippen LogP contribution in [-0.2, 0) is 7.05 Å². The lowest BCUT2D eigenvalue weighted by molar-refractivity contribution is 1.01. The Hall–Kier alpha value is -2.13. The highest BCUT2D eigenvalue weighted by molar-refractivity contribution is 7.25. The summed E-state index contributed by atoms with van der Waals surface area (Å²) in [5.74, 6) is 0. The van der Waals surface area contributed by atoms with Gasteiger partial charge in [-0.15, -0.1) is 11.3 Å². The van der Waals surface area contributed by atoms with Crippen LogP contribution >= 0.6 is 11.3 Å². The Morgan fingerprint density at radius 2 is 1.63 bits per heavy atom. The molecule has 0 aliphatic heterocycles. The number of nitrogens with zero attached hydrogens (tertiary/aromatic N) is 1. The second-order valence-electron chi connectivity index (χ2n) is 4.68. The molecule has 2 heterocycles. The fraction of sp³-hybridized carbons (Fsp3) is 0.0625. The number of benzene rings is 2. The zero-order valence-electron chi connectivity index (χ0n) is 10.4. The third-order valence-corrected chi connectivity index (χ3v) is 4.81. The number of para-hydroxylation sites is 1. The summed E-state index contributed by atoms with van der Waals surface area (Å²) in [6.07, 6.45) is 0. The standard InChI is InChI=1S/C16H11NOS/c1-17-12-8-4-2-6-10(12)16-14(17)15(18)11-7-3-5-9-13(11)19-16/h2-9H,1H3. The van der Waals surface area contributed by atoms with Crippen LogP contribution in [0.25, 0.3) is 31.2 Å². The van der Waals surface area contributed by atoms with Crippen molar-refractivity contribution in [1.29, 1.82) is 0 Å². The van der Waals surface area contributed by atoms with E-state index in [1.807, 2.05) is 48.0 Å².